The zero-order chi connectivity index (χ0) is 20.2. The number of carbonyl (C=O) groups is 1. The van der Waals surface area contributed by atoms with Crippen molar-refractivity contribution in [1.82, 2.24) is 24.9 Å². The lowest BCUT2D eigenvalue weighted by Gasteiger charge is -2.04. The summed E-state index contributed by atoms with van der Waals surface area (Å²) in [6.45, 7) is 2.90. The quantitative estimate of drug-likeness (QED) is 0.519. The molecule has 0 aliphatic heterocycles. The van der Waals surface area contributed by atoms with Gasteiger partial charge in [0.05, 0.1) is 16.4 Å². The summed E-state index contributed by atoms with van der Waals surface area (Å²) in [7, 11) is 0. The van der Waals surface area contributed by atoms with Crippen LogP contribution in [0.2, 0.25) is 5.02 Å². The lowest BCUT2D eigenvalue weighted by Crippen LogP contribution is -2.24. The first kappa shape index (κ1) is 19.0. The summed E-state index contributed by atoms with van der Waals surface area (Å²) < 4.78 is 3.46. The van der Waals surface area contributed by atoms with Crippen LogP contribution in [-0.2, 0) is 13.1 Å². The highest BCUT2D eigenvalue weighted by Gasteiger charge is 2.17. The monoisotopic (exact) mass is 405 g/mol. The van der Waals surface area contributed by atoms with Crippen LogP contribution in [0.5, 0.6) is 0 Å². The molecule has 0 aliphatic rings. The van der Waals surface area contributed by atoms with Gasteiger partial charge in [0.1, 0.15) is 0 Å². The molecule has 0 unspecified atom stereocenters. The number of rotatable bonds is 6. The van der Waals surface area contributed by atoms with Crippen molar-refractivity contribution >= 4 is 17.5 Å². The van der Waals surface area contributed by atoms with Crippen LogP contribution in [0.1, 0.15) is 23.0 Å². The minimum absolute atomic E-state index is 0.227. The fourth-order valence-corrected chi connectivity index (χ4v) is 3.30. The molecule has 0 spiro atoms. The van der Waals surface area contributed by atoms with Gasteiger partial charge in [-0.15, -0.1) is 0 Å². The Morgan fingerprint density at radius 3 is 2.34 bits per heavy atom. The molecule has 4 aromatic rings. The van der Waals surface area contributed by atoms with Gasteiger partial charge in [0, 0.05) is 36.6 Å². The molecule has 0 radical (unpaired) electrons. The van der Waals surface area contributed by atoms with Gasteiger partial charge in [-0.25, -0.2) is 4.68 Å². The fourth-order valence-electron chi connectivity index (χ4n) is 3.06. The van der Waals surface area contributed by atoms with Crippen LogP contribution in [0.15, 0.2) is 73.1 Å². The van der Waals surface area contributed by atoms with E-state index in [1.165, 1.54) is 0 Å². The van der Waals surface area contributed by atoms with E-state index < -0.39 is 0 Å². The largest absolute Gasteiger partial charge is 0.346 e. The second-order valence-corrected chi connectivity index (χ2v) is 6.92. The standard InChI is InChI=1S/C22H20ClN5O/c1-2-27-15-19(23)21(25-27)22(29)24-13-17-14-28(18-11-7-4-8-12-18)26-20(17)16-9-5-3-6-10-16/h3-12,14-15H,2,13H2,1H3,(H,24,29). The van der Waals surface area contributed by atoms with Crippen molar-refractivity contribution in [3.8, 4) is 16.9 Å². The molecule has 4 rings (SSSR count). The number of aryl methyl sites for hydroxylation is 1. The number of halogens is 1. The average molecular weight is 406 g/mol. The van der Waals surface area contributed by atoms with Gasteiger partial charge in [0.2, 0.25) is 0 Å². The average Bonchev–Trinajstić information content (AvgIpc) is 3.37. The van der Waals surface area contributed by atoms with Crippen molar-refractivity contribution in [1.29, 1.82) is 0 Å². The number of benzene rings is 2. The second kappa shape index (κ2) is 8.32. The minimum atomic E-state index is -0.311. The Morgan fingerprint density at radius 1 is 1.00 bits per heavy atom. The third kappa shape index (κ3) is 4.07. The van der Waals surface area contributed by atoms with Crippen LogP contribution in [0.4, 0.5) is 0 Å². The number of para-hydroxylation sites is 1. The van der Waals surface area contributed by atoms with Crippen molar-refractivity contribution in [3.63, 3.8) is 0 Å². The van der Waals surface area contributed by atoms with Gasteiger partial charge in [-0.05, 0) is 19.1 Å². The summed E-state index contributed by atoms with van der Waals surface area (Å²) in [5.41, 5.74) is 3.89. The van der Waals surface area contributed by atoms with E-state index in [0.717, 1.165) is 22.5 Å². The number of hydrogen-bond donors (Lipinski definition) is 1. The summed E-state index contributed by atoms with van der Waals surface area (Å²) in [5, 5.41) is 12.2. The molecule has 29 heavy (non-hydrogen) atoms. The maximum absolute atomic E-state index is 12.6. The molecule has 1 N–H and O–H groups in total. The minimum Gasteiger partial charge on any atom is -0.346 e. The zero-order valence-corrected chi connectivity index (χ0v) is 16.7. The van der Waals surface area contributed by atoms with Crippen molar-refractivity contribution < 1.29 is 4.79 Å². The van der Waals surface area contributed by atoms with Crippen LogP contribution in [0.25, 0.3) is 16.9 Å². The van der Waals surface area contributed by atoms with E-state index in [9.17, 15) is 4.79 Å². The molecule has 1 amide bonds. The maximum Gasteiger partial charge on any atom is 0.273 e. The van der Waals surface area contributed by atoms with Gasteiger partial charge in [0.25, 0.3) is 5.91 Å². The fraction of sp³-hybridized carbons (Fsp3) is 0.136. The van der Waals surface area contributed by atoms with Gasteiger partial charge in [-0.2, -0.15) is 10.2 Å². The molecule has 146 valence electrons. The van der Waals surface area contributed by atoms with Crippen molar-refractivity contribution in [2.75, 3.05) is 0 Å². The number of aromatic nitrogens is 4. The number of carbonyl (C=O) groups excluding carboxylic acids is 1. The third-order valence-electron chi connectivity index (χ3n) is 4.55. The molecule has 0 bridgehead atoms. The Labute approximate surface area is 173 Å². The van der Waals surface area contributed by atoms with Crippen molar-refractivity contribution in [2.24, 2.45) is 0 Å². The lowest BCUT2D eigenvalue weighted by atomic mass is 10.1. The van der Waals surface area contributed by atoms with Crippen LogP contribution >= 0.6 is 11.6 Å². The van der Waals surface area contributed by atoms with Gasteiger partial charge in [-0.3, -0.25) is 9.48 Å². The molecule has 0 fully saturated rings. The molecule has 0 aliphatic carbocycles. The number of hydrogen-bond acceptors (Lipinski definition) is 3. The van der Waals surface area contributed by atoms with Gasteiger partial charge < -0.3 is 5.32 Å². The Morgan fingerprint density at radius 2 is 1.69 bits per heavy atom. The summed E-state index contributed by atoms with van der Waals surface area (Å²) >= 11 is 6.15. The summed E-state index contributed by atoms with van der Waals surface area (Å²) in [4.78, 5) is 12.6. The van der Waals surface area contributed by atoms with E-state index in [-0.39, 0.29) is 11.6 Å². The van der Waals surface area contributed by atoms with Gasteiger partial charge in [-0.1, -0.05) is 60.1 Å². The number of nitrogens with one attached hydrogen (secondary N) is 1. The third-order valence-corrected chi connectivity index (χ3v) is 4.83. The normalized spacial score (nSPS) is 10.8. The highest BCUT2D eigenvalue weighted by Crippen LogP contribution is 2.24. The van der Waals surface area contributed by atoms with Crippen LogP contribution in [-0.4, -0.2) is 25.5 Å². The predicted octanol–water partition coefficient (Wildman–Crippen LogP) is 4.34. The highest BCUT2D eigenvalue weighted by molar-refractivity contribution is 6.33. The molecule has 2 aromatic heterocycles. The predicted molar refractivity (Wildman–Crippen MR) is 113 cm³/mol. The van der Waals surface area contributed by atoms with Crippen LogP contribution < -0.4 is 5.32 Å². The first-order valence-electron chi connectivity index (χ1n) is 9.36. The van der Waals surface area contributed by atoms with E-state index in [0.29, 0.717) is 18.1 Å². The molecular weight excluding hydrogens is 386 g/mol. The topological polar surface area (TPSA) is 64.7 Å². The highest BCUT2D eigenvalue weighted by atomic mass is 35.5. The van der Waals surface area contributed by atoms with Crippen LogP contribution in [0.3, 0.4) is 0 Å². The number of nitrogens with zero attached hydrogens (tertiary/aromatic N) is 4. The molecule has 6 nitrogen and oxygen atoms in total. The van der Waals surface area contributed by atoms with Gasteiger partial charge >= 0.3 is 0 Å². The van der Waals surface area contributed by atoms with Gasteiger partial charge in [0.15, 0.2) is 5.69 Å². The second-order valence-electron chi connectivity index (χ2n) is 6.51. The first-order valence-corrected chi connectivity index (χ1v) is 9.74. The van der Waals surface area contributed by atoms with Crippen molar-refractivity contribution in [3.05, 3.63) is 89.3 Å². The molecular formula is C22H20ClN5O. The van der Waals surface area contributed by atoms with E-state index in [1.54, 1.807) is 10.9 Å². The van der Waals surface area contributed by atoms with Crippen LogP contribution in [0, 0.1) is 0 Å². The summed E-state index contributed by atoms with van der Waals surface area (Å²) in [6, 6.07) is 19.8. The molecule has 0 atom stereocenters. The Balaban J connectivity index is 1.62. The smallest absolute Gasteiger partial charge is 0.273 e. The maximum atomic E-state index is 12.6. The number of amides is 1. The molecule has 0 saturated carbocycles. The summed E-state index contributed by atoms with van der Waals surface area (Å²) in [5.74, 6) is -0.311. The molecule has 0 saturated heterocycles. The van der Waals surface area contributed by atoms with Crippen molar-refractivity contribution in [2.45, 2.75) is 20.0 Å². The SMILES string of the molecule is CCn1cc(Cl)c(C(=O)NCc2cn(-c3ccccc3)nc2-c2ccccc2)n1. The zero-order valence-electron chi connectivity index (χ0n) is 15.9. The Kier molecular flexibility index (Phi) is 5.44. The van der Waals surface area contributed by atoms with E-state index in [4.69, 9.17) is 16.7 Å². The summed E-state index contributed by atoms with van der Waals surface area (Å²) in [6.07, 6.45) is 3.59. The Bertz CT molecular complexity index is 1120. The lowest BCUT2D eigenvalue weighted by molar-refractivity contribution is 0.0945. The first-order chi connectivity index (χ1) is 14.2. The van der Waals surface area contributed by atoms with E-state index >= 15 is 0 Å². The molecule has 2 heterocycles. The molecule has 7 heteroatoms. The van der Waals surface area contributed by atoms with E-state index in [1.807, 2.05) is 78.5 Å². The van der Waals surface area contributed by atoms with E-state index in [2.05, 4.69) is 10.4 Å². The molecule has 2 aromatic carbocycles. The Hall–Kier alpha value is -3.38.